The Morgan fingerprint density at radius 1 is 1.26 bits per heavy atom. The maximum atomic E-state index is 13.5. The van der Waals surface area contributed by atoms with Gasteiger partial charge in [0.2, 0.25) is 11.8 Å². The summed E-state index contributed by atoms with van der Waals surface area (Å²) in [5, 5.41) is 5.88. The maximum absolute atomic E-state index is 13.5. The normalized spacial score (nSPS) is 10.1. The van der Waals surface area contributed by atoms with Crippen LogP contribution in [-0.2, 0) is 9.59 Å². The number of carbonyl (C=O) groups excluding carboxylic acids is 2. The van der Waals surface area contributed by atoms with Gasteiger partial charge in [0.05, 0.1) is 5.69 Å². The molecule has 0 aliphatic heterocycles. The number of unbranched alkanes of at least 4 members (excludes halogenated alkanes) is 1. The van der Waals surface area contributed by atoms with Crippen LogP contribution in [-0.4, -0.2) is 17.1 Å². The molecule has 4 nitrogen and oxygen atoms in total. The number of amides is 2. The van der Waals surface area contributed by atoms with Crippen LogP contribution in [0.25, 0.3) is 0 Å². The van der Waals surface area contributed by atoms with Gasteiger partial charge in [-0.2, -0.15) is 0 Å². The Labute approximate surface area is 119 Å². The highest BCUT2D eigenvalue weighted by atomic mass is 79.9. The molecule has 0 aliphatic carbocycles. The molecule has 6 heteroatoms. The summed E-state index contributed by atoms with van der Waals surface area (Å²) in [5.41, 5.74) is 0.528. The van der Waals surface area contributed by atoms with Crippen molar-refractivity contribution in [2.24, 2.45) is 0 Å². The summed E-state index contributed by atoms with van der Waals surface area (Å²) in [7, 11) is 0. The molecule has 0 radical (unpaired) electrons. The highest BCUT2D eigenvalue weighted by molar-refractivity contribution is 9.09. The summed E-state index contributed by atoms with van der Waals surface area (Å²) >= 11 is 3.28. The molecule has 1 rings (SSSR count). The lowest BCUT2D eigenvalue weighted by Crippen LogP contribution is -2.13. The summed E-state index contributed by atoms with van der Waals surface area (Å²) in [6.45, 7) is 1.36. The molecule has 1 aromatic rings. The molecule has 0 heterocycles. The van der Waals surface area contributed by atoms with Gasteiger partial charge in [-0.25, -0.2) is 4.39 Å². The number of hydrogen-bond donors (Lipinski definition) is 2. The second-order valence-electron chi connectivity index (χ2n) is 4.07. The molecule has 0 atom stereocenters. The van der Waals surface area contributed by atoms with Gasteiger partial charge in [0, 0.05) is 24.4 Å². The monoisotopic (exact) mass is 330 g/mol. The van der Waals surface area contributed by atoms with E-state index in [1.165, 1.54) is 25.1 Å². The van der Waals surface area contributed by atoms with Gasteiger partial charge >= 0.3 is 0 Å². The zero-order chi connectivity index (χ0) is 14.3. The molecule has 2 amide bonds. The van der Waals surface area contributed by atoms with Crippen molar-refractivity contribution in [3.8, 4) is 0 Å². The fraction of sp³-hybridized carbons (Fsp3) is 0.385. The Morgan fingerprint density at radius 2 is 2.00 bits per heavy atom. The van der Waals surface area contributed by atoms with Crippen LogP contribution in [0.5, 0.6) is 0 Å². The second-order valence-corrected chi connectivity index (χ2v) is 4.86. The first-order chi connectivity index (χ1) is 9.02. The fourth-order valence-corrected chi connectivity index (χ4v) is 1.89. The standard InChI is InChI=1S/C13H16BrFN2O2/c1-9(18)16-10-5-6-11(15)12(8-10)17-13(19)4-2-3-7-14/h5-6,8H,2-4,7H2,1H3,(H,16,18)(H,17,19). The molecule has 19 heavy (non-hydrogen) atoms. The Kier molecular flexibility index (Phi) is 6.49. The van der Waals surface area contributed by atoms with Gasteiger partial charge < -0.3 is 10.6 Å². The van der Waals surface area contributed by atoms with E-state index in [0.29, 0.717) is 12.1 Å². The third kappa shape index (κ3) is 5.83. The summed E-state index contributed by atoms with van der Waals surface area (Å²) < 4.78 is 13.5. The van der Waals surface area contributed by atoms with Crippen molar-refractivity contribution in [3.05, 3.63) is 24.0 Å². The van der Waals surface area contributed by atoms with E-state index in [2.05, 4.69) is 26.6 Å². The molecule has 2 N–H and O–H groups in total. The highest BCUT2D eigenvalue weighted by Gasteiger charge is 2.08. The van der Waals surface area contributed by atoms with Gasteiger partial charge in [0.1, 0.15) is 5.82 Å². The van der Waals surface area contributed by atoms with E-state index in [9.17, 15) is 14.0 Å². The van der Waals surface area contributed by atoms with Crippen molar-refractivity contribution in [1.29, 1.82) is 0 Å². The van der Waals surface area contributed by atoms with E-state index in [1.54, 1.807) is 0 Å². The predicted octanol–water partition coefficient (Wildman–Crippen LogP) is 3.29. The summed E-state index contributed by atoms with van der Waals surface area (Å²) in [6, 6.07) is 4.05. The molecule has 0 saturated heterocycles. The topological polar surface area (TPSA) is 58.2 Å². The minimum Gasteiger partial charge on any atom is -0.326 e. The number of anilines is 2. The molecular formula is C13H16BrFN2O2. The Hall–Kier alpha value is -1.43. The van der Waals surface area contributed by atoms with Crippen LogP contribution >= 0.6 is 15.9 Å². The van der Waals surface area contributed by atoms with Gasteiger partial charge in [-0.1, -0.05) is 15.9 Å². The minimum absolute atomic E-state index is 0.0788. The van der Waals surface area contributed by atoms with Gasteiger partial charge in [0.15, 0.2) is 0 Å². The molecule has 0 fully saturated rings. The van der Waals surface area contributed by atoms with Crippen molar-refractivity contribution in [1.82, 2.24) is 0 Å². The van der Waals surface area contributed by atoms with Gasteiger partial charge in [-0.3, -0.25) is 9.59 Å². The van der Waals surface area contributed by atoms with Crippen molar-refractivity contribution < 1.29 is 14.0 Å². The first-order valence-electron chi connectivity index (χ1n) is 5.96. The molecule has 0 spiro atoms. The average molecular weight is 331 g/mol. The zero-order valence-corrected chi connectivity index (χ0v) is 12.2. The van der Waals surface area contributed by atoms with E-state index in [-0.39, 0.29) is 17.5 Å². The summed E-state index contributed by atoms with van der Waals surface area (Å²) in [6.07, 6.45) is 1.97. The smallest absolute Gasteiger partial charge is 0.224 e. The van der Waals surface area contributed by atoms with Crippen LogP contribution < -0.4 is 10.6 Å². The summed E-state index contributed by atoms with van der Waals surface area (Å²) in [5.74, 6) is -1.01. The van der Waals surface area contributed by atoms with E-state index < -0.39 is 5.82 Å². The Balaban J connectivity index is 2.65. The molecule has 0 aliphatic rings. The first kappa shape index (κ1) is 15.6. The molecule has 0 aromatic heterocycles. The van der Waals surface area contributed by atoms with Crippen LogP contribution in [0.2, 0.25) is 0 Å². The number of halogens is 2. The Bertz CT molecular complexity index is 466. The van der Waals surface area contributed by atoms with Crippen LogP contribution in [0.15, 0.2) is 18.2 Å². The number of nitrogens with one attached hydrogen (secondary N) is 2. The number of carbonyl (C=O) groups is 2. The molecule has 0 unspecified atom stereocenters. The number of benzene rings is 1. The van der Waals surface area contributed by atoms with Crippen molar-refractivity contribution >= 4 is 39.1 Å². The van der Waals surface area contributed by atoms with E-state index in [4.69, 9.17) is 0 Å². The zero-order valence-electron chi connectivity index (χ0n) is 10.6. The largest absolute Gasteiger partial charge is 0.326 e. The van der Waals surface area contributed by atoms with Gasteiger partial charge in [-0.15, -0.1) is 0 Å². The lowest BCUT2D eigenvalue weighted by molar-refractivity contribution is -0.116. The molecule has 104 valence electrons. The van der Waals surface area contributed by atoms with Crippen molar-refractivity contribution in [2.75, 3.05) is 16.0 Å². The van der Waals surface area contributed by atoms with E-state index in [1.807, 2.05) is 0 Å². The quantitative estimate of drug-likeness (QED) is 0.621. The van der Waals surface area contributed by atoms with Crippen LogP contribution in [0.3, 0.4) is 0 Å². The third-order valence-electron chi connectivity index (χ3n) is 2.35. The third-order valence-corrected chi connectivity index (χ3v) is 2.91. The van der Waals surface area contributed by atoms with E-state index in [0.717, 1.165) is 18.2 Å². The van der Waals surface area contributed by atoms with E-state index >= 15 is 0 Å². The van der Waals surface area contributed by atoms with Crippen LogP contribution in [0, 0.1) is 5.82 Å². The van der Waals surface area contributed by atoms with Crippen LogP contribution in [0.1, 0.15) is 26.2 Å². The van der Waals surface area contributed by atoms with Crippen molar-refractivity contribution in [3.63, 3.8) is 0 Å². The lowest BCUT2D eigenvalue weighted by Gasteiger charge is -2.09. The minimum atomic E-state index is -0.525. The molecule has 0 bridgehead atoms. The summed E-state index contributed by atoms with van der Waals surface area (Å²) in [4.78, 5) is 22.5. The molecular weight excluding hydrogens is 315 g/mol. The van der Waals surface area contributed by atoms with Gasteiger partial charge in [0.25, 0.3) is 0 Å². The predicted molar refractivity (Wildman–Crippen MR) is 77.0 cm³/mol. The highest BCUT2D eigenvalue weighted by Crippen LogP contribution is 2.20. The number of hydrogen-bond acceptors (Lipinski definition) is 2. The van der Waals surface area contributed by atoms with Crippen LogP contribution in [0.4, 0.5) is 15.8 Å². The SMILES string of the molecule is CC(=O)Nc1ccc(F)c(NC(=O)CCCCBr)c1. The fourth-order valence-electron chi connectivity index (χ4n) is 1.49. The first-order valence-corrected chi connectivity index (χ1v) is 7.08. The van der Waals surface area contributed by atoms with Gasteiger partial charge in [-0.05, 0) is 31.0 Å². The number of alkyl halides is 1. The maximum Gasteiger partial charge on any atom is 0.224 e. The molecule has 1 aromatic carbocycles. The Morgan fingerprint density at radius 3 is 2.63 bits per heavy atom. The average Bonchev–Trinajstić information content (AvgIpc) is 2.33. The second kappa shape index (κ2) is 7.89. The lowest BCUT2D eigenvalue weighted by atomic mass is 10.2. The molecule has 0 saturated carbocycles. The van der Waals surface area contributed by atoms with Crippen molar-refractivity contribution in [2.45, 2.75) is 26.2 Å². The number of rotatable bonds is 6.